The number of nitrogens with one attached hydrogen (secondary N) is 1. The lowest BCUT2D eigenvalue weighted by Gasteiger charge is -2.27. The smallest absolute Gasteiger partial charge is 0.208 e. The van der Waals surface area contributed by atoms with Gasteiger partial charge >= 0.3 is 0 Å². The van der Waals surface area contributed by atoms with Gasteiger partial charge in [0.1, 0.15) is 11.0 Å². The second kappa shape index (κ2) is 7.01. The number of benzene rings is 1. The van der Waals surface area contributed by atoms with Gasteiger partial charge in [0.2, 0.25) is 10.0 Å². The number of likely N-dealkylation sites (tertiary alicyclic amines) is 1. The molecule has 24 heavy (non-hydrogen) atoms. The predicted octanol–water partition coefficient (Wildman–Crippen LogP) is 0.958. The van der Waals surface area contributed by atoms with Crippen molar-refractivity contribution in [2.45, 2.75) is 31.4 Å². The van der Waals surface area contributed by atoms with Crippen LogP contribution in [0.2, 0.25) is 0 Å². The van der Waals surface area contributed by atoms with Crippen molar-refractivity contribution in [3.8, 4) is 0 Å². The van der Waals surface area contributed by atoms with E-state index in [1.54, 1.807) is 0 Å². The molecular weight excluding hydrogens is 348 g/mol. The van der Waals surface area contributed by atoms with Gasteiger partial charge in [-0.15, -0.1) is 0 Å². The zero-order valence-electron chi connectivity index (χ0n) is 13.6. The summed E-state index contributed by atoms with van der Waals surface area (Å²) in [5, 5.41) is 10.6. The molecule has 1 atom stereocenters. The Morgan fingerprint density at radius 3 is 2.88 bits per heavy atom. The van der Waals surface area contributed by atoms with Crippen molar-refractivity contribution in [3.05, 3.63) is 23.8 Å². The molecule has 1 saturated heterocycles. The zero-order valence-corrected chi connectivity index (χ0v) is 15.2. The number of sulfonamides is 1. The van der Waals surface area contributed by atoms with Crippen molar-refractivity contribution in [1.29, 1.82) is 0 Å². The lowest BCUT2D eigenvalue weighted by atomic mass is 9.95. The number of hydrogen-bond donors (Lipinski definition) is 2. The van der Waals surface area contributed by atoms with E-state index < -0.39 is 15.6 Å². The molecule has 1 aliphatic heterocycles. The number of fused-ring (bicyclic) bond motifs is 1. The topological polar surface area (TPSA) is 95.4 Å². The number of rotatable bonds is 5. The minimum Gasteiger partial charge on any atom is -0.388 e. The van der Waals surface area contributed by atoms with Crippen LogP contribution in [0.25, 0.3) is 11.0 Å². The largest absolute Gasteiger partial charge is 0.388 e. The highest BCUT2D eigenvalue weighted by atomic mass is 32.2. The van der Waals surface area contributed by atoms with Gasteiger partial charge in [0.15, 0.2) is 0 Å². The molecule has 1 unspecified atom stereocenters. The summed E-state index contributed by atoms with van der Waals surface area (Å²) in [5.41, 5.74) is 2.04. The number of aliphatic hydroxyl groups is 1. The first-order chi connectivity index (χ1) is 11.3. The van der Waals surface area contributed by atoms with Gasteiger partial charge < -0.3 is 5.11 Å². The third kappa shape index (κ3) is 4.70. The van der Waals surface area contributed by atoms with Crippen LogP contribution in [0, 0.1) is 0 Å². The summed E-state index contributed by atoms with van der Waals surface area (Å²) in [4.78, 5) is 2.29. The molecule has 0 saturated carbocycles. The molecule has 1 aromatic carbocycles. The van der Waals surface area contributed by atoms with Crippen LogP contribution >= 0.6 is 11.7 Å². The van der Waals surface area contributed by atoms with Gasteiger partial charge in [-0.05, 0) is 43.5 Å². The quantitative estimate of drug-likeness (QED) is 0.814. The van der Waals surface area contributed by atoms with Crippen LogP contribution in [0.4, 0.5) is 0 Å². The molecule has 3 rings (SSSR count). The Labute approximate surface area is 146 Å². The zero-order chi connectivity index (χ0) is 17.2. The van der Waals surface area contributed by atoms with E-state index >= 15 is 0 Å². The van der Waals surface area contributed by atoms with E-state index in [1.165, 1.54) is 17.3 Å². The van der Waals surface area contributed by atoms with Crippen molar-refractivity contribution < 1.29 is 13.5 Å². The monoisotopic (exact) mass is 370 g/mol. The molecule has 0 radical (unpaired) electrons. The number of aromatic nitrogens is 2. The maximum Gasteiger partial charge on any atom is 0.208 e. The van der Waals surface area contributed by atoms with Crippen LogP contribution in [0.3, 0.4) is 0 Å². The summed E-state index contributed by atoms with van der Waals surface area (Å²) in [7, 11) is -3.29. The molecule has 0 bridgehead atoms. The normalized spacial score (nSPS) is 23.4. The van der Waals surface area contributed by atoms with Crippen LogP contribution < -0.4 is 4.72 Å². The van der Waals surface area contributed by atoms with Gasteiger partial charge in [0, 0.05) is 19.6 Å². The highest BCUT2D eigenvalue weighted by Crippen LogP contribution is 2.23. The number of hydrogen-bond acceptors (Lipinski definition) is 7. The maximum atomic E-state index is 11.2. The average molecular weight is 371 g/mol. The Balaban J connectivity index is 1.60. The van der Waals surface area contributed by atoms with E-state index in [-0.39, 0.29) is 6.54 Å². The van der Waals surface area contributed by atoms with Gasteiger partial charge in [-0.2, -0.15) is 8.75 Å². The van der Waals surface area contributed by atoms with Gasteiger partial charge in [-0.25, -0.2) is 13.1 Å². The first kappa shape index (κ1) is 17.7. The maximum absolute atomic E-state index is 11.2. The predicted molar refractivity (Wildman–Crippen MR) is 94.3 cm³/mol. The second-order valence-corrected chi connectivity index (χ2v) is 8.90. The third-order valence-corrected chi connectivity index (χ3v) is 5.62. The Hall–Kier alpha value is -1.13. The molecular formula is C15H22N4O3S2. The minimum atomic E-state index is -3.29. The van der Waals surface area contributed by atoms with Crippen LogP contribution in [0.1, 0.15) is 24.8 Å². The van der Waals surface area contributed by atoms with Crippen molar-refractivity contribution >= 4 is 32.8 Å². The standard InChI is InChI=1S/C15H22N4O3S2/c1-24(21,22)16-11-15(20)5-2-7-19(8-6-15)10-12-3-4-13-14(9-12)18-23-17-13/h3-4,9,16,20H,2,5-8,10-11H2,1H3. The molecule has 9 heteroatoms. The van der Waals surface area contributed by atoms with Crippen LogP contribution in [0.5, 0.6) is 0 Å². The third-order valence-electron chi connectivity index (χ3n) is 4.40. The van der Waals surface area contributed by atoms with Crippen LogP contribution in [0.15, 0.2) is 18.2 Å². The molecule has 1 fully saturated rings. The van der Waals surface area contributed by atoms with E-state index in [2.05, 4.69) is 30.5 Å². The van der Waals surface area contributed by atoms with E-state index in [0.717, 1.165) is 43.3 Å². The molecule has 132 valence electrons. The van der Waals surface area contributed by atoms with Gasteiger partial charge in [-0.1, -0.05) is 6.07 Å². The molecule has 7 nitrogen and oxygen atoms in total. The molecule has 2 N–H and O–H groups in total. The van der Waals surface area contributed by atoms with Crippen molar-refractivity contribution in [3.63, 3.8) is 0 Å². The highest BCUT2D eigenvalue weighted by Gasteiger charge is 2.30. The fraction of sp³-hybridized carbons (Fsp3) is 0.600. The van der Waals surface area contributed by atoms with Gasteiger partial charge in [0.05, 0.1) is 23.6 Å². The lowest BCUT2D eigenvalue weighted by molar-refractivity contribution is 0.0305. The molecule has 1 aromatic heterocycles. The van der Waals surface area contributed by atoms with Gasteiger partial charge in [0.25, 0.3) is 0 Å². The van der Waals surface area contributed by atoms with Crippen LogP contribution in [-0.2, 0) is 16.6 Å². The molecule has 0 amide bonds. The molecule has 0 spiro atoms. The second-order valence-electron chi connectivity index (χ2n) is 6.53. The summed E-state index contributed by atoms with van der Waals surface area (Å²) in [6.45, 7) is 2.49. The van der Waals surface area contributed by atoms with E-state index in [1.807, 2.05) is 6.07 Å². The van der Waals surface area contributed by atoms with E-state index in [9.17, 15) is 13.5 Å². The SMILES string of the molecule is CS(=O)(=O)NCC1(O)CCCN(Cc2ccc3nsnc3c2)CC1. The van der Waals surface area contributed by atoms with Crippen molar-refractivity contribution in [2.75, 3.05) is 25.9 Å². The fourth-order valence-electron chi connectivity index (χ4n) is 3.02. The first-order valence-corrected chi connectivity index (χ1v) is 10.6. The van der Waals surface area contributed by atoms with Crippen molar-refractivity contribution in [2.24, 2.45) is 0 Å². The Bertz CT molecular complexity index is 808. The first-order valence-electron chi connectivity index (χ1n) is 7.94. The summed E-state index contributed by atoms with van der Waals surface area (Å²) in [6.07, 6.45) is 3.10. The molecule has 2 aromatic rings. The summed E-state index contributed by atoms with van der Waals surface area (Å²) >= 11 is 1.22. The molecule has 2 heterocycles. The van der Waals surface area contributed by atoms with Gasteiger partial charge in [-0.3, -0.25) is 4.90 Å². The summed E-state index contributed by atoms with van der Waals surface area (Å²) in [6, 6.07) is 6.10. The number of nitrogens with zero attached hydrogens (tertiary/aromatic N) is 3. The minimum absolute atomic E-state index is 0.0795. The van der Waals surface area contributed by atoms with E-state index in [0.29, 0.717) is 12.8 Å². The van der Waals surface area contributed by atoms with E-state index in [4.69, 9.17) is 0 Å². The van der Waals surface area contributed by atoms with Crippen LogP contribution in [-0.4, -0.2) is 58.7 Å². The highest BCUT2D eigenvalue weighted by molar-refractivity contribution is 7.88. The fourth-order valence-corrected chi connectivity index (χ4v) is 4.07. The average Bonchev–Trinajstić information content (AvgIpc) is 2.90. The molecule has 0 aliphatic carbocycles. The Morgan fingerprint density at radius 1 is 1.29 bits per heavy atom. The lowest BCUT2D eigenvalue weighted by Crippen LogP contribution is -2.43. The molecule has 1 aliphatic rings. The summed E-state index contributed by atoms with van der Waals surface area (Å²) < 4.78 is 33.4. The Kier molecular flexibility index (Phi) is 5.16. The Morgan fingerprint density at radius 2 is 2.08 bits per heavy atom. The van der Waals surface area contributed by atoms with Crippen molar-refractivity contribution in [1.82, 2.24) is 18.4 Å². The summed E-state index contributed by atoms with van der Waals surface area (Å²) in [5.74, 6) is 0.